The van der Waals surface area contributed by atoms with Gasteiger partial charge in [0.2, 0.25) is 12.2 Å². The van der Waals surface area contributed by atoms with Gasteiger partial charge in [0, 0.05) is 0 Å². The molecule has 0 bridgehead atoms. The summed E-state index contributed by atoms with van der Waals surface area (Å²) in [4.78, 5) is 26.2. The van der Waals surface area contributed by atoms with Crippen molar-refractivity contribution in [1.82, 2.24) is 0 Å². The summed E-state index contributed by atoms with van der Waals surface area (Å²) in [7, 11) is 0. The molecule has 0 saturated heterocycles. The molecule has 0 radical (unpaired) electrons. The molecule has 0 aromatic heterocycles. The Hall–Kier alpha value is -1.40. The number of aliphatic imine (C=N–C) groups is 2. The summed E-state index contributed by atoms with van der Waals surface area (Å²) in [5.41, 5.74) is 0. The number of hydrogen-bond donors (Lipinski definition) is 0. The van der Waals surface area contributed by atoms with E-state index in [4.69, 9.17) is 18.9 Å². The molecule has 8 heteroatoms. The summed E-state index contributed by atoms with van der Waals surface area (Å²) in [5.74, 6) is 0. The zero-order valence-electron chi connectivity index (χ0n) is 11.4. The summed E-state index contributed by atoms with van der Waals surface area (Å²) >= 11 is 0. The summed E-state index contributed by atoms with van der Waals surface area (Å²) in [5, 5.41) is 0. The summed E-state index contributed by atoms with van der Waals surface area (Å²) in [6, 6.07) is 0. The van der Waals surface area contributed by atoms with E-state index in [-0.39, 0.29) is 0 Å². The molecule has 0 rings (SSSR count). The van der Waals surface area contributed by atoms with Crippen LogP contribution >= 0.6 is 0 Å². The Balaban J connectivity index is 2.99. The maximum Gasteiger partial charge on any atom is 0.235 e. The van der Waals surface area contributed by atoms with Crippen molar-refractivity contribution in [2.24, 2.45) is 9.98 Å². The highest BCUT2D eigenvalue weighted by Crippen LogP contribution is 1.83. The second-order valence-electron chi connectivity index (χ2n) is 3.40. The van der Waals surface area contributed by atoms with Crippen LogP contribution in [0.15, 0.2) is 9.98 Å². The van der Waals surface area contributed by atoms with Crippen molar-refractivity contribution in [2.45, 2.75) is 0 Å². The Kier molecular flexibility index (Phi) is 16.4. The molecule has 20 heavy (non-hydrogen) atoms. The van der Waals surface area contributed by atoms with E-state index in [0.717, 1.165) is 0 Å². The van der Waals surface area contributed by atoms with Gasteiger partial charge < -0.3 is 18.9 Å². The van der Waals surface area contributed by atoms with Gasteiger partial charge in [-0.2, -0.15) is 0 Å². The van der Waals surface area contributed by atoms with Crippen LogP contribution in [0.2, 0.25) is 0 Å². The minimum absolute atomic E-state index is 0.324. The van der Waals surface area contributed by atoms with Crippen molar-refractivity contribution in [3.05, 3.63) is 0 Å². The minimum Gasteiger partial charge on any atom is -0.377 e. The number of nitrogens with zero attached hydrogens (tertiary/aromatic N) is 2. The van der Waals surface area contributed by atoms with Gasteiger partial charge in [0.1, 0.15) is 0 Å². The number of carbonyl (C=O) groups excluding carboxylic acids is 2. The molecule has 0 spiro atoms. The van der Waals surface area contributed by atoms with E-state index in [1.807, 2.05) is 0 Å². The highest BCUT2D eigenvalue weighted by atomic mass is 16.6. The SMILES string of the molecule is O=C=NCCOCCOCCOCCOCCN=C=O. The Bertz CT molecular complexity index is 270. The third kappa shape index (κ3) is 16.6. The molecule has 0 aromatic carbocycles. The van der Waals surface area contributed by atoms with Crippen LogP contribution in [0, 0.1) is 0 Å². The molecule has 0 aromatic rings. The molecule has 0 saturated carbocycles. The first-order valence-electron chi connectivity index (χ1n) is 6.30. The van der Waals surface area contributed by atoms with Gasteiger partial charge >= 0.3 is 0 Å². The van der Waals surface area contributed by atoms with Gasteiger partial charge in [0.25, 0.3) is 0 Å². The molecule has 0 amide bonds. The Labute approximate surface area is 117 Å². The molecule has 0 aliphatic rings. The smallest absolute Gasteiger partial charge is 0.235 e. The number of ether oxygens (including phenoxy) is 4. The van der Waals surface area contributed by atoms with Gasteiger partial charge in [-0.05, 0) is 0 Å². The van der Waals surface area contributed by atoms with Crippen molar-refractivity contribution in [1.29, 1.82) is 0 Å². The highest BCUT2D eigenvalue weighted by molar-refractivity contribution is 5.32. The van der Waals surface area contributed by atoms with E-state index in [1.54, 1.807) is 0 Å². The van der Waals surface area contributed by atoms with Crippen molar-refractivity contribution in [2.75, 3.05) is 65.9 Å². The lowest BCUT2D eigenvalue weighted by Gasteiger charge is -2.06. The molecule has 0 fully saturated rings. The molecule has 0 atom stereocenters. The lowest BCUT2D eigenvalue weighted by Crippen LogP contribution is -2.13. The number of isocyanates is 2. The van der Waals surface area contributed by atoms with E-state index in [2.05, 4.69) is 9.98 Å². The average molecular weight is 288 g/mol. The van der Waals surface area contributed by atoms with Gasteiger partial charge in [-0.25, -0.2) is 19.6 Å². The van der Waals surface area contributed by atoms with Crippen LogP contribution in [-0.4, -0.2) is 78.1 Å². The fraction of sp³-hybridized carbons (Fsp3) is 0.833. The zero-order valence-corrected chi connectivity index (χ0v) is 11.4. The average Bonchev–Trinajstić information content (AvgIpc) is 2.47. The maximum absolute atomic E-state index is 9.74. The first-order valence-corrected chi connectivity index (χ1v) is 6.30. The van der Waals surface area contributed by atoms with E-state index in [0.29, 0.717) is 65.9 Å². The van der Waals surface area contributed by atoms with Gasteiger partial charge in [0.05, 0.1) is 65.9 Å². The van der Waals surface area contributed by atoms with E-state index in [9.17, 15) is 9.59 Å². The molecular weight excluding hydrogens is 268 g/mol. The molecule has 114 valence electrons. The molecule has 0 heterocycles. The van der Waals surface area contributed by atoms with Crippen LogP contribution < -0.4 is 0 Å². The topological polar surface area (TPSA) is 95.8 Å². The second-order valence-corrected chi connectivity index (χ2v) is 3.40. The molecule has 0 N–H and O–H groups in total. The first kappa shape index (κ1) is 18.6. The monoisotopic (exact) mass is 288 g/mol. The Morgan fingerprint density at radius 1 is 0.550 bits per heavy atom. The highest BCUT2D eigenvalue weighted by Gasteiger charge is 1.92. The first-order chi connectivity index (χ1) is 9.91. The quantitative estimate of drug-likeness (QED) is 0.234. The fourth-order valence-electron chi connectivity index (χ4n) is 1.07. The van der Waals surface area contributed by atoms with Crippen molar-refractivity contribution < 1.29 is 28.5 Å². The second kappa shape index (κ2) is 17.6. The van der Waals surface area contributed by atoms with Gasteiger partial charge in [-0.3, -0.25) is 0 Å². The van der Waals surface area contributed by atoms with Crippen molar-refractivity contribution in [3.63, 3.8) is 0 Å². The predicted molar refractivity (Wildman–Crippen MR) is 69.3 cm³/mol. The van der Waals surface area contributed by atoms with Crippen LogP contribution in [0.5, 0.6) is 0 Å². The van der Waals surface area contributed by atoms with Crippen LogP contribution in [0.1, 0.15) is 0 Å². The summed E-state index contributed by atoms with van der Waals surface area (Å²) < 4.78 is 20.8. The van der Waals surface area contributed by atoms with E-state index < -0.39 is 0 Å². The van der Waals surface area contributed by atoms with Crippen LogP contribution in [0.3, 0.4) is 0 Å². The molecule has 8 nitrogen and oxygen atoms in total. The largest absolute Gasteiger partial charge is 0.377 e. The van der Waals surface area contributed by atoms with Crippen molar-refractivity contribution in [3.8, 4) is 0 Å². The van der Waals surface area contributed by atoms with Crippen LogP contribution in [-0.2, 0) is 28.5 Å². The predicted octanol–water partition coefficient (Wildman–Crippen LogP) is -0.276. The molecule has 0 aliphatic heterocycles. The lowest BCUT2D eigenvalue weighted by molar-refractivity contribution is -0.0000938. The van der Waals surface area contributed by atoms with E-state index >= 15 is 0 Å². The lowest BCUT2D eigenvalue weighted by atomic mass is 10.6. The molecule has 0 unspecified atom stereocenters. The zero-order chi connectivity index (χ0) is 14.7. The van der Waals surface area contributed by atoms with Crippen molar-refractivity contribution >= 4 is 12.2 Å². The molecule has 0 aliphatic carbocycles. The maximum atomic E-state index is 9.74. The third-order valence-corrected chi connectivity index (χ3v) is 1.94. The summed E-state index contributed by atoms with van der Waals surface area (Å²) in [6.45, 7) is 4.22. The van der Waals surface area contributed by atoms with E-state index in [1.165, 1.54) is 12.2 Å². The van der Waals surface area contributed by atoms with Gasteiger partial charge in [-0.15, -0.1) is 0 Å². The number of rotatable bonds is 15. The standard InChI is InChI=1S/C12H20N2O6/c15-11-13-1-3-17-5-7-19-9-10-20-8-6-18-4-2-14-12-16/h1-10H2. The third-order valence-electron chi connectivity index (χ3n) is 1.94. The number of hydrogen-bond acceptors (Lipinski definition) is 8. The minimum atomic E-state index is 0.324. The van der Waals surface area contributed by atoms with Gasteiger partial charge in [-0.1, -0.05) is 0 Å². The Morgan fingerprint density at radius 2 is 0.850 bits per heavy atom. The normalized spacial score (nSPS) is 9.80. The van der Waals surface area contributed by atoms with Crippen LogP contribution in [0.25, 0.3) is 0 Å². The van der Waals surface area contributed by atoms with Crippen LogP contribution in [0.4, 0.5) is 0 Å². The Morgan fingerprint density at radius 3 is 1.15 bits per heavy atom. The fourth-order valence-corrected chi connectivity index (χ4v) is 1.07. The summed E-state index contributed by atoms with van der Waals surface area (Å²) in [6.07, 6.45) is 2.86. The molecular formula is C12H20N2O6. The van der Waals surface area contributed by atoms with Gasteiger partial charge in [0.15, 0.2) is 0 Å².